The summed E-state index contributed by atoms with van der Waals surface area (Å²) >= 11 is 0. The van der Waals surface area contributed by atoms with E-state index >= 15 is 0 Å². The third-order valence-electron chi connectivity index (χ3n) is 1.80. The van der Waals surface area contributed by atoms with E-state index in [1.165, 1.54) is 0 Å². The molecular weight excluding hydrogens is 164 g/mol. The Kier molecular flexibility index (Phi) is 2.00. The number of ether oxygens (including phenoxy) is 1. The van der Waals surface area contributed by atoms with Crippen LogP contribution in [0.15, 0.2) is 36.8 Å². The van der Waals surface area contributed by atoms with Crippen LogP contribution in [0.2, 0.25) is 0 Å². The van der Waals surface area contributed by atoms with Gasteiger partial charge in [-0.15, -0.1) is 0 Å². The Morgan fingerprint density at radius 1 is 1.31 bits per heavy atom. The van der Waals surface area contributed by atoms with Crippen molar-refractivity contribution in [2.24, 2.45) is 0 Å². The van der Waals surface area contributed by atoms with Gasteiger partial charge in [-0.2, -0.15) is 0 Å². The first kappa shape index (κ1) is 7.86. The molecular formula is C10H9N2O. The molecule has 3 nitrogen and oxygen atoms in total. The second-order valence-corrected chi connectivity index (χ2v) is 2.64. The number of pyridine rings is 1. The summed E-state index contributed by atoms with van der Waals surface area (Å²) in [5.74, 6) is 0.750. The van der Waals surface area contributed by atoms with Gasteiger partial charge in [-0.05, 0) is 18.2 Å². The molecule has 1 aliphatic heterocycles. The molecule has 2 rings (SSSR count). The zero-order chi connectivity index (χ0) is 9.10. The molecule has 65 valence electrons. The summed E-state index contributed by atoms with van der Waals surface area (Å²) < 4.78 is 5.06. The molecule has 0 amide bonds. The van der Waals surface area contributed by atoms with Gasteiger partial charge in [0.1, 0.15) is 5.75 Å². The molecule has 2 heterocycles. The number of nitrogens with zero attached hydrogens (tertiary/aromatic N) is 2. The first-order chi connectivity index (χ1) is 6.40. The van der Waals surface area contributed by atoms with Crippen LogP contribution in [0.1, 0.15) is 5.56 Å². The second kappa shape index (κ2) is 3.31. The summed E-state index contributed by atoms with van der Waals surface area (Å²) in [7, 11) is 1.62. The number of hydrogen-bond acceptors (Lipinski definition) is 2. The Labute approximate surface area is 76.8 Å². The summed E-state index contributed by atoms with van der Waals surface area (Å²) in [5, 5.41) is 4.17. The second-order valence-electron chi connectivity index (χ2n) is 2.64. The van der Waals surface area contributed by atoms with Crippen molar-refractivity contribution in [1.29, 1.82) is 0 Å². The third-order valence-corrected chi connectivity index (χ3v) is 1.80. The summed E-state index contributed by atoms with van der Waals surface area (Å²) in [5.41, 5.74) is 1.90. The van der Waals surface area contributed by atoms with Crippen molar-refractivity contribution in [2.45, 2.75) is 0 Å². The molecule has 0 saturated carbocycles. The fourth-order valence-corrected chi connectivity index (χ4v) is 1.14. The molecule has 1 aromatic heterocycles. The average Bonchev–Trinajstić information content (AvgIpc) is 2.71. The standard InChI is InChI=1S/C10H9N2O/c1-13-9-5-8(6-11-7-9)10-3-2-4-12-10/h2-7H,1H3. The number of aromatic nitrogens is 1. The van der Waals surface area contributed by atoms with Crippen LogP contribution < -0.4 is 10.1 Å². The number of rotatable bonds is 2. The molecule has 0 saturated heterocycles. The van der Waals surface area contributed by atoms with Gasteiger partial charge in [0.25, 0.3) is 0 Å². The highest BCUT2D eigenvalue weighted by atomic mass is 16.5. The van der Waals surface area contributed by atoms with Gasteiger partial charge in [-0.1, -0.05) is 0 Å². The number of methoxy groups -OCH3 is 1. The number of hydrogen-bond donors (Lipinski definition) is 0. The molecule has 1 aromatic rings. The predicted molar refractivity (Wildman–Crippen MR) is 50.0 cm³/mol. The maximum atomic E-state index is 5.06. The lowest BCUT2D eigenvalue weighted by Gasteiger charge is -2.03. The highest BCUT2D eigenvalue weighted by molar-refractivity contribution is 5.68. The third kappa shape index (κ3) is 1.54. The fraction of sp³-hybridized carbons (Fsp3) is 0.100. The largest absolute Gasteiger partial charge is 0.495 e. The topological polar surface area (TPSA) is 36.2 Å². The van der Waals surface area contributed by atoms with Crippen LogP contribution in [0.5, 0.6) is 5.75 Å². The number of allylic oxidation sites excluding steroid dienone is 2. The van der Waals surface area contributed by atoms with E-state index in [-0.39, 0.29) is 0 Å². The van der Waals surface area contributed by atoms with E-state index in [1.54, 1.807) is 25.7 Å². The van der Waals surface area contributed by atoms with Crippen molar-refractivity contribution in [3.63, 3.8) is 0 Å². The molecule has 0 N–H and O–H groups in total. The first-order valence-electron chi connectivity index (χ1n) is 3.97. The van der Waals surface area contributed by atoms with E-state index in [4.69, 9.17) is 4.74 Å². The van der Waals surface area contributed by atoms with Gasteiger partial charge >= 0.3 is 0 Å². The Hall–Kier alpha value is -1.77. The fourth-order valence-electron chi connectivity index (χ4n) is 1.14. The van der Waals surface area contributed by atoms with E-state index in [0.717, 1.165) is 17.0 Å². The Morgan fingerprint density at radius 2 is 2.23 bits per heavy atom. The lowest BCUT2D eigenvalue weighted by Crippen LogP contribution is -1.93. The van der Waals surface area contributed by atoms with Gasteiger partial charge in [-0.3, -0.25) is 10.3 Å². The van der Waals surface area contributed by atoms with Crippen LogP contribution in [0, 0.1) is 0 Å². The molecule has 1 radical (unpaired) electrons. The van der Waals surface area contributed by atoms with Crippen LogP contribution in [0.4, 0.5) is 0 Å². The Bertz CT molecular complexity index is 369. The minimum Gasteiger partial charge on any atom is -0.495 e. The highest BCUT2D eigenvalue weighted by Crippen LogP contribution is 2.19. The predicted octanol–water partition coefficient (Wildman–Crippen LogP) is 1.56. The normalized spacial score (nSPS) is 13.8. The minimum atomic E-state index is 0.750. The lowest BCUT2D eigenvalue weighted by molar-refractivity contribution is 0.412. The smallest absolute Gasteiger partial charge is 0.137 e. The summed E-state index contributed by atoms with van der Waals surface area (Å²) in [6, 6.07) is 1.91. The zero-order valence-electron chi connectivity index (χ0n) is 7.27. The molecule has 0 atom stereocenters. The SMILES string of the molecule is COc1cncc(C2=CC=C[N]2)c1. The molecule has 13 heavy (non-hydrogen) atoms. The average molecular weight is 173 g/mol. The van der Waals surface area contributed by atoms with Crippen LogP contribution in [-0.4, -0.2) is 12.1 Å². The van der Waals surface area contributed by atoms with Crippen molar-refractivity contribution in [3.8, 4) is 5.75 Å². The van der Waals surface area contributed by atoms with Crippen molar-refractivity contribution < 1.29 is 4.74 Å². The Morgan fingerprint density at radius 3 is 2.92 bits per heavy atom. The molecule has 0 aromatic carbocycles. The van der Waals surface area contributed by atoms with Crippen LogP contribution in [0.3, 0.4) is 0 Å². The van der Waals surface area contributed by atoms with Gasteiger partial charge in [-0.25, -0.2) is 0 Å². The van der Waals surface area contributed by atoms with E-state index < -0.39 is 0 Å². The van der Waals surface area contributed by atoms with Crippen LogP contribution in [0.25, 0.3) is 5.70 Å². The molecule has 0 spiro atoms. The zero-order valence-corrected chi connectivity index (χ0v) is 7.27. The maximum Gasteiger partial charge on any atom is 0.137 e. The van der Waals surface area contributed by atoms with Crippen LogP contribution in [-0.2, 0) is 0 Å². The first-order valence-corrected chi connectivity index (χ1v) is 3.97. The molecule has 0 bridgehead atoms. The highest BCUT2D eigenvalue weighted by Gasteiger charge is 2.05. The molecule has 0 unspecified atom stereocenters. The van der Waals surface area contributed by atoms with Crippen molar-refractivity contribution in [1.82, 2.24) is 10.3 Å². The van der Waals surface area contributed by atoms with E-state index in [0.29, 0.717) is 0 Å². The maximum absolute atomic E-state index is 5.06. The van der Waals surface area contributed by atoms with E-state index in [2.05, 4.69) is 10.3 Å². The van der Waals surface area contributed by atoms with Crippen molar-refractivity contribution >= 4 is 5.70 Å². The summed E-state index contributed by atoms with van der Waals surface area (Å²) in [4.78, 5) is 4.05. The van der Waals surface area contributed by atoms with Gasteiger partial charge < -0.3 is 4.74 Å². The quantitative estimate of drug-likeness (QED) is 0.680. The van der Waals surface area contributed by atoms with E-state index in [1.807, 2.05) is 18.2 Å². The molecule has 0 fully saturated rings. The molecule has 1 aliphatic rings. The van der Waals surface area contributed by atoms with Gasteiger partial charge in [0, 0.05) is 18.0 Å². The summed E-state index contributed by atoms with van der Waals surface area (Å²) in [6.07, 6.45) is 9.04. The molecule has 0 aliphatic carbocycles. The Balaban J connectivity index is 2.30. The van der Waals surface area contributed by atoms with Crippen LogP contribution >= 0.6 is 0 Å². The van der Waals surface area contributed by atoms with Crippen molar-refractivity contribution in [3.05, 3.63) is 42.4 Å². The minimum absolute atomic E-state index is 0.750. The van der Waals surface area contributed by atoms with E-state index in [9.17, 15) is 0 Å². The van der Waals surface area contributed by atoms with Gasteiger partial charge in [0.05, 0.1) is 19.0 Å². The van der Waals surface area contributed by atoms with Gasteiger partial charge in [0.15, 0.2) is 0 Å². The summed E-state index contributed by atoms with van der Waals surface area (Å²) in [6.45, 7) is 0. The lowest BCUT2D eigenvalue weighted by atomic mass is 10.2. The molecule has 3 heteroatoms. The van der Waals surface area contributed by atoms with Gasteiger partial charge in [0.2, 0.25) is 0 Å². The van der Waals surface area contributed by atoms with Crippen molar-refractivity contribution in [2.75, 3.05) is 7.11 Å². The monoisotopic (exact) mass is 173 g/mol.